The Hall–Kier alpha value is -2.72. The van der Waals surface area contributed by atoms with Gasteiger partial charge in [0.2, 0.25) is 0 Å². The van der Waals surface area contributed by atoms with Crippen LogP contribution in [0, 0.1) is 0 Å². The van der Waals surface area contributed by atoms with Crippen LogP contribution in [0.3, 0.4) is 0 Å². The van der Waals surface area contributed by atoms with Crippen LogP contribution in [-0.4, -0.2) is 54.7 Å². The molecule has 1 aromatic carbocycles. The summed E-state index contributed by atoms with van der Waals surface area (Å²) in [5.41, 5.74) is 0.239. The lowest BCUT2D eigenvalue weighted by molar-refractivity contribution is -0.355. The number of hydrogen-bond donors (Lipinski definition) is 0. The molecule has 35 heavy (non-hydrogen) atoms. The number of rotatable bonds is 13. The zero-order valence-corrected chi connectivity index (χ0v) is 18.3. The van der Waals surface area contributed by atoms with Gasteiger partial charge in [-0.1, -0.05) is 36.9 Å². The lowest BCUT2D eigenvalue weighted by atomic mass is 10.1. The molecule has 0 aliphatic rings. The zero-order chi connectivity index (χ0) is 27.1. The van der Waals surface area contributed by atoms with E-state index in [2.05, 4.69) is 20.8 Å². The molecular weight excluding hydrogens is 521 g/mol. The number of hydrogen-bond acceptors (Lipinski definition) is 8. The van der Waals surface area contributed by atoms with Gasteiger partial charge >= 0.3 is 35.1 Å². The quantitative estimate of drug-likeness (QED) is 0.0931. The number of ether oxygens (including phenoxy) is 3. The average Bonchev–Trinajstić information content (AvgIpc) is 2.75. The van der Waals surface area contributed by atoms with E-state index in [1.54, 1.807) is 6.07 Å². The Morgan fingerprint density at radius 3 is 2.06 bits per heavy atom. The number of benzene rings is 1. The fourth-order valence-corrected chi connectivity index (χ4v) is 2.85. The van der Waals surface area contributed by atoms with Crippen molar-refractivity contribution in [1.82, 2.24) is 0 Å². The highest BCUT2D eigenvalue weighted by molar-refractivity contribution is 7.86. The van der Waals surface area contributed by atoms with Crippen LogP contribution in [0.15, 0.2) is 43.0 Å². The maximum Gasteiger partial charge on any atom is 0.468 e. The first-order valence-corrected chi connectivity index (χ1v) is 10.8. The van der Waals surface area contributed by atoms with E-state index in [1.807, 2.05) is 0 Å². The van der Waals surface area contributed by atoms with Crippen molar-refractivity contribution in [1.29, 1.82) is 0 Å². The molecule has 16 heteroatoms. The van der Waals surface area contributed by atoms with Crippen molar-refractivity contribution in [3.05, 3.63) is 48.6 Å². The molecule has 0 amide bonds. The van der Waals surface area contributed by atoms with E-state index in [-0.39, 0.29) is 11.6 Å². The van der Waals surface area contributed by atoms with Crippen LogP contribution in [-0.2, 0) is 40.5 Å². The summed E-state index contributed by atoms with van der Waals surface area (Å²) in [6.07, 6.45) is -9.40. The summed E-state index contributed by atoms with van der Waals surface area (Å²) in [6, 6.07) is 7.29. The molecule has 0 fully saturated rings. The average molecular weight is 539 g/mol. The van der Waals surface area contributed by atoms with E-state index in [9.17, 15) is 53.3 Å². The third-order valence-electron chi connectivity index (χ3n) is 4.20. The summed E-state index contributed by atoms with van der Waals surface area (Å²) in [5.74, 6) is -13.7. The second-order valence-electron chi connectivity index (χ2n) is 6.78. The predicted octanol–water partition coefficient (Wildman–Crippen LogP) is 3.68. The standard InChI is InChI=1S/C19H19F7O8S/c1-2-14(27)34-17(18(22,23)24,15(28)32-12-13-8-4-3-5-9-13)33-11-7-6-10-16(20,21)19(25,26)35(29,30)31/h2-5,8-9H,1,6-7,10-12H2,(H,29,30,31)/p-1. The van der Waals surface area contributed by atoms with Crippen LogP contribution < -0.4 is 0 Å². The smallest absolute Gasteiger partial charge is 0.468 e. The summed E-state index contributed by atoms with van der Waals surface area (Å²) >= 11 is 0. The van der Waals surface area contributed by atoms with Crippen molar-refractivity contribution in [3.8, 4) is 0 Å². The molecule has 0 spiro atoms. The molecular formula is C19H18F7O8S-. The van der Waals surface area contributed by atoms with Crippen molar-refractivity contribution in [3.63, 3.8) is 0 Å². The first-order chi connectivity index (χ1) is 15.9. The van der Waals surface area contributed by atoms with Crippen molar-refractivity contribution in [2.24, 2.45) is 0 Å². The van der Waals surface area contributed by atoms with E-state index >= 15 is 0 Å². The molecule has 0 saturated carbocycles. The van der Waals surface area contributed by atoms with Gasteiger partial charge in [0.05, 0.1) is 6.61 Å². The van der Waals surface area contributed by atoms with Gasteiger partial charge in [-0.05, 0) is 18.4 Å². The Morgan fingerprint density at radius 1 is 1.00 bits per heavy atom. The van der Waals surface area contributed by atoms with Crippen molar-refractivity contribution < 1.29 is 67.5 Å². The minimum absolute atomic E-state index is 0.239. The molecule has 0 bridgehead atoms. The Morgan fingerprint density at radius 2 is 1.57 bits per heavy atom. The van der Waals surface area contributed by atoms with Crippen molar-refractivity contribution in [2.45, 2.75) is 49.0 Å². The van der Waals surface area contributed by atoms with Gasteiger partial charge < -0.3 is 18.8 Å². The number of alkyl halides is 7. The van der Waals surface area contributed by atoms with Crippen LogP contribution in [0.1, 0.15) is 24.8 Å². The lowest BCUT2D eigenvalue weighted by Gasteiger charge is -2.32. The number of carbonyl (C=O) groups excluding carboxylic acids is 2. The largest absolute Gasteiger partial charge is 0.743 e. The summed E-state index contributed by atoms with van der Waals surface area (Å²) in [7, 11) is -6.74. The molecule has 0 radical (unpaired) electrons. The third-order valence-corrected chi connectivity index (χ3v) is 5.12. The molecule has 0 aliphatic heterocycles. The van der Waals surface area contributed by atoms with Gasteiger partial charge in [-0.2, -0.15) is 30.7 Å². The predicted molar refractivity (Wildman–Crippen MR) is 101 cm³/mol. The monoisotopic (exact) mass is 539 g/mol. The molecule has 1 aromatic rings. The minimum atomic E-state index is -6.74. The van der Waals surface area contributed by atoms with E-state index in [1.165, 1.54) is 24.3 Å². The first-order valence-electron chi connectivity index (χ1n) is 9.39. The van der Waals surface area contributed by atoms with Gasteiger partial charge in [0, 0.05) is 12.5 Å². The van der Waals surface area contributed by atoms with E-state index in [4.69, 9.17) is 0 Å². The molecule has 0 N–H and O–H groups in total. The number of carbonyl (C=O) groups is 2. The summed E-state index contributed by atoms with van der Waals surface area (Å²) in [5, 5.41) is -5.97. The summed E-state index contributed by atoms with van der Waals surface area (Å²) in [6.45, 7) is 0.902. The van der Waals surface area contributed by atoms with Gasteiger partial charge in [0.1, 0.15) is 6.61 Å². The summed E-state index contributed by atoms with van der Waals surface area (Å²) < 4.78 is 139. The van der Waals surface area contributed by atoms with Gasteiger partial charge in [-0.3, -0.25) is 0 Å². The first kappa shape index (κ1) is 30.3. The normalized spacial score (nSPS) is 14.6. The molecule has 0 aromatic heterocycles. The third kappa shape index (κ3) is 7.38. The van der Waals surface area contributed by atoms with Crippen LogP contribution in [0.2, 0.25) is 0 Å². The van der Waals surface area contributed by atoms with Crippen molar-refractivity contribution >= 4 is 22.1 Å². The Balaban J connectivity index is 2.99. The van der Waals surface area contributed by atoms with E-state index in [0.717, 1.165) is 0 Å². The maximum absolute atomic E-state index is 13.8. The molecule has 0 heterocycles. The molecule has 0 aliphatic carbocycles. The fourth-order valence-electron chi connectivity index (χ4n) is 2.38. The SMILES string of the molecule is C=CC(=O)OC(OCCCCC(F)(F)C(F)(F)S(=O)(=O)[O-])(C(=O)OCc1ccccc1)C(F)(F)F. The second kappa shape index (κ2) is 11.3. The van der Waals surface area contributed by atoms with Crippen LogP contribution in [0.5, 0.6) is 0 Å². The Kier molecular flexibility index (Phi) is 9.82. The molecule has 1 atom stereocenters. The molecule has 1 unspecified atom stereocenters. The molecule has 8 nitrogen and oxygen atoms in total. The minimum Gasteiger partial charge on any atom is -0.743 e. The highest BCUT2D eigenvalue weighted by Gasteiger charge is 2.67. The number of halogens is 7. The highest BCUT2D eigenvalue weighted by Crippen LogP contribution is 2.42. The van der Waals surface area contributed by atoms with Gasteiger partial charge in [-0.15, -0.1) is 0 Å². The molecule has 0 saturated heterocycles. The van der Waals surface area contributed by atoms with E-state index < -0.39 is 77.7 Å². The van der Waals surface area contributed by atoms with Crippen LogP contribution >= 0.6 is 0 Å². The van der Waals surface area contributed by atoms with Crippen molar-refractivity contribution in [2.75, 3.05) is 6.61 Å². The number of unbranched alkanes of at least 4 members (excludes halogenated alkanes) is 1. The molecule has 1 rings (SSSR count). The Bertz CT molecular complexity index is 996. The van der Waals surface area contributed by atoms with Gasteiger partial charge in [-0.25, -0.2) is 18.0 Å². The second-order valence-corrected chi connectivity index (χ2v) is 8.20. The highest BCUT2D eigenvalue weighted by atomic mass is 32.2. The van der Waals surface area contributed by atoms with E-state index in [0.29, 0.717) is 0 Å². The van der Waals surface area contributed by atoms with Crippen LogP contribution in [0.25, 0.3) is 0 Å². The number of esters is 2. The van der Waals surface area contributed by atoms with Gasteiger partial charge in [0.25, 0.3) is 0 Å². The maximum atomic E-state index is 13.8. The molecule has 198 valence electrons. The lowest BCUT2D eigenvalue weighted by Crippen LogP contribution is -2.58. The topological polar surface area (TPSA) is 119 Å². The zero-order valence-electron chi connectivity index (χ0n) is 17.5. The summed E-state index contributed by atoms with van der Waals surface area (Å²) in [4.78, 5) is 23.8. The fraction of sp³-hybridized carbons (Fsp3) is 0.474. The van der Waals surface area contributed by atoms with Crippen LogP contribution in [0.4, 0.5) is 30.7 Å². The van der Waals surface area contributed by atoms with Gasteiger partial charge in [0.15, 0.2) is 10.1 Å². The Labute approximate surface area is 194 Å².